The second-order valence-corrected chi connectivity index (χ2v) is 9.41. The van der Waals surface area contributed by atoms with Crippen molar-refractivity contribution in [3.8, 4) is 5.75 Å². The van der Waals surface area contributed by atoms with Gasteiger partial charge in [0, 0.05) is 17.4 Å². The number of rotatable bonds is 7. The van der Waals surface area contributed by atoms with Gasteiger partial charge in [-0.2, -0.15) is 0 Å². The molecule has 1 aliphatic heterocycles. The average Bonchev–Trinajstić information content (AvgIpc) is 2.72. The van der Waals surface area contributed by atoms with Crippen LogP contribution in [0.4, 0.5) is 0 Å². The summed E-state index contributed by atoms with van der Waals surface area (Å²) in [7, 11) is 0. The number of halogens is 1. The van der Waals surface area contributed by atoms with Crippen molar-refractivity contribution < 1.29 is 19.4 Å². The molecule has 4 atom stereocenters. The van der Waals surface area contributed by atoms with Gasteiger partial charge in [0.25, 0.3) is 0 Å². The lowest BCUT2D eigenvalue weighted by atomic mass is 9.75. The first kappa shape index (κ1) is 23.6. The van der Waals surface area contributed by atoms with Gasteiger partial charge in [0.2, 0.25) is 0 Å². The molecule has 31 heavy (non-hydrogen) atoms. The van der Waals surface area contributed by atoms with Crippen LogP contribution in [0.15, 0.2) is 53.0 Å². The van der Waals surface area contributed by atoms with Gasteiger partial charge in [0.1, 0.15) is 5.75 Å². The minimum atomic E-state index is -1.01. The average molecular weight is 487 g/mol. The van der Waals surface area contributed by atoms with E-state index < -0.39 is 12.6 Å². The van der Waals surface area contributed by atoms with Crippen molar-refractivity contribution in [1.82, 2.24) is 0 Å². The largest absolute Gasteiger partial charge is 0.480 e. The van der Waals surface area contributed by atoms with Gasteiger partial charge in [-0.05, 0) is 72.8 Å². The zero-order valence-electron chi connectivity index (χ0n) is 18.7. The maximum Gasteiger partial charge on any atom is 0.341 e. The van der Waals surface area contributed by atoms with E-state index in [0.717, 1.165) is 34.0 Å². The van der Waals surface area contributed by atoms with Crippen LogP contribution in [0.5, 0.6) is 5.75 Å². The molecular weight excluding hydrogens is 456 g/mol. The molecule has 0 aromatic heterocycles. The number of carboxylic acid groups (broad SMARTS) is 1. The van der Waals surface area contributed by atoms with Crippen molar-refractivity contribution >= 4 is 21.9 Å². The van der Waals surface area contributed by atoms with E-state index in [-0.39, 0.29) is 24.0 Å². The van der Waals surface area contributed by atoms with Crippen molar-refractivity contribution in [2.75, 3.05) is 6.61 Å². The zero-order chi connectivity index (χ0) is 22.7. The molecule has 0 spiro atoms. The molecule has 1 aliphatic rings. The maximum absolute atomic E-state index is 11.1. The van der Waals surface area contributed by atoms with Gasteiger partial charge in [-0.25, -0.2) is 4.79 Å². The number of carbonyl (C=O) groups is 1. The molecule has 0 radical (unpaired) electrons. The third kappa shape index (κ3) is 5.39. The summed E-state index contributed by atoms with van der Waals surface area (Å²) >= 11 is 3.56. The fraction of sp³-hybridized carbons (Fsp3) is 0.423. The standard InChI is InChI=1S/C26H31BrO4/c1-6-23-20(18-9-7-16(4)8-10-18)13-19(15(2)3)25(31-23)21-11-17(5)12-22(27)26(21)30-14-24(28)29/h7-12,19-20,23,25H,2,6,13-14H2,1,3-5H3,(H,28,29)/t19-,20-,23+,25+/m1/s1. The smallest absolute Gasteiger partial charge is 0.341 e. The summed E-state index contributed by atoms with van der Waals surface area (Å²) in [5.74, 6) is -0.103. The van der Waals surface area contributed by atoms with Crippen LogP contribution in [-0.4, -0.2) is 23.8 Å². The summed E-state index contributed by atoms with van der Waals surface area (Å²) in [5.41, 5.74) is 5.52. The van der Waals surface area contributed by atoms with Crippen LogP contribution in [-0.2, 0) is 9.53 Å². The number of aryl methyl sites for hydroxylation is 2. The number of ether oxygens (including phenoxy) is 2. The molecule has 1 N–H and O–H groups in total. The fourth-order valence-corrected chi connectivity index (χ4v) is 5.18. The Morgan fingerprint density at radius 2 is 1.90 bits per heavy atom. The van der Waals surface area contributed by atoms with Crippen molar-refractivity contribution in [1.29, 1.82) is 0 Å². The van der Waals surface area contributed by atoms with Gasteiger partial charge in [-0.1, -0.05) is 48.9 Å². The highest BCUT2D eigenvalue weighted by Gasteiger charge is 2.40. The molecule has 0 amide bonds. The van der Waals surface area contributed by atoms with Crippen molar-refractivity contribution in [3.63, 3.8) is 0 Å². The first-order valence-electron chi connectivity index (χ1n) is 10.7. The summed E-state index contributed by atoms with van der Waals surface area (Å²) in [4.78, 5) is 11.1. The first-order valence-corrected chi connectivity index (χ1v) is 11.5. The Kier molecular flexibility index (Phi) is 7.60. The van der Waals surface area contributed by atoms with E-state index >= 15 is 0 Å². The highest BCUT2D eigenvalue weighted by atomic mass is 79.9. The molecule has 2 aromatic rings. The molecule has 2 aromatic carbocycles. The normalized spacial score (nSPS) is 23.4. The lowest BCUT2D eigenvalue weighted by Gasteiger charge is -2.43. The second kappa shape index (κ2) is 10.0. The third-order valence-corrected chi connectivity index (χ3v) is 6.64. The minimum absolute atomic E-state index is 0.0508. The Morgan fingerprint density at radius 3 is 2.48 bits per heavy atom. The fourth-order valence-electron chi connectivity index (χ4n) is 4.48. The quantitative estimate of drug-likeness (QED) is 0.439. The number of hydrogen-bond donors (Lipinski definition) is 1. The first-order chi connectivity index (χ1) is 14.7. The Morgan fingerprint density at radius 1 is 1.23 bits per heavy atom. The molecule has 1 heterocycles. The molecule has 5 heteroatoms. The van der Waals surface area contributed by atoms with Gasteiger partial charge in [0.15, 0.2) is 6.61 Å². The van der Waals surface area contributed by atoms with Crippen LogP contribution in [0, 0.1) is 19.8 Å². The predicted octanol–water partition coefficient (Wildman–Crippen LogP) is 6.75. The lowest BCUT2D eigenvalue weighted by Crippen LogP contribution is -2.36. The van der Waals surface area contributed by atoms with Crippen LogP contribution in [0.25, 0.3) is 0 Å². The molecule has 4 nitrogen and oxygen atoms in total. The molecular formula is C26H31BrO4. The van der Waals surface area contributed by atoms with E-state index in [2.05, 4.69) is 60.6 Å². The number of carboxylic acids is 1. The molecule has 0 aliphatic carbocycles. The molecule has 1 saturated heterocycles. The SMILES string of the molecule is C=C(C)[C@H]1C[C@H](c2ccc(C)cc2)[C@H](CC)O[C@@H]1c1cc(C)cc(Br)c1OCC(=O)O. The molecule has 1 fully saturated rings. The monoisotopic (exact) mass is 486 g/mol. The minimum Gasteiger partial charge on any atom is -0.480 e. The van der Waals surface area contributed by atoms with Crippen LogP contribution in [0.1, 0.15) is 61.0 Å². The van der Waals surface area contributed by atoms with E-state index in [4.69, 9.17) is 14.6 Å². The van der Waals surface area contributed by atoms with Crippen LogP contribution >= 0.6 is 15.9 Å². The molecule has 0 saturated carbocycles. The highest BCUT2D eigenvalue weighted by Crippen LogP contribution is 2.50. The molecule has 3 rings (SSSR count). The number of hydrogen-bond acceptors (Lipinski definition) is 3. The van der Waals surface area contributed by atoms with Gasteiger partial charge >= 0.3 is 5.97 Å². The van der Waals surface area contributed by atoms with E-state index in [1.54, 1.807) is 0 Å². The summed E-state index contributed by atoms with van der Waals surface area (Å²) in [6.45, 7) is 12.2. The number of aliphatic carboxylic acids is 1. The van der Waals surface area contributed by atoms with Crippen LogP contribution in [0.2, 0.25) is 0 Å². The Labute approximate surface area is 193 Å². The van der Waals surface area contributed by atoms with Crippen LogP contribution in [0.3, 0.4) is 0 Å². The molecule has 166 valence electrons. The highest BCUT2D eigenvalue weighted by molar-refractivity contribution is 9.10. The molecule has 0 bridgehead atoms. The summed E-state index contributed by atoms with van der Waals surface area (Å²) in [6, 6.07) is 12.7. The number of benzene rings is 2. The predicted molar refractivity (Wildman–Crippen MR) is 127 cm³/mol. The van der Waals surface area contributed by atoms with Gasteiger partial charge in [-0.3, -0.25) is 0 Å². The second-order valence-electron chi connectivity index (χ2n) is 8.56. The Balaban J connectivity index is 2.02. The van der Waals surface area contributed by atoms with E-state index in [1.807, 2.05) is 26.0 Å². The topological polar surface area (TPSA) is 55.8 Å². The van der Waals surface area contributed by atoms with E-state index in [9.17, 15) is 4.79 Å². The van der Waals surface area contributed by atoms with Gasteiger partial charge in [0.05, 0.1) is 16.7 Å². The van der Waals surface area contributed by atoms with Crippen molar-refractivity contribution in [3.05, 3.63) is 75.3 Å². The maximum atomic E-state index is 11.1. The van der Waals surface area contributed by atoms with E-state index in [0.29, 0.717) is 5.75 Å². The zero-order valence-corrected chi connectivity index (χ0v) is 20.2. The van der Waals surface area contributed by atoms with Crippen LogP contribution < -0.4 is 4.74 Å². The molecule has 0 unspecified atom stereocenters. The summed E-state index contributed by atoms with van der Waals surface area (Å²) in [5, 5.41) is 9.14. The summed E-state index contributed by atoms with van der Waals surface area (Å²) < 4.78 is 13.2. The van der Waals surface area contributed by atoms with E-state index in [1.165, 1.54) is 11.1 Å². The van der Waals surface area contributed by atoms with Crippen molar-refractivity contribution in [2.24, 2.45) is 5.92 Å². The van der Waals surface area contributed by atoms with Gasteiger partial charge < -0.3 is 14.6 Å². The Bertz CT molecular complexity index is 951. The van der Waals surface area contributed by atoms with Crippen molar-refractivity contribution in [2.45, 2.75) is 58.7 Å². The third-order valence-electron chi connectivity index (χ3n) is 6.05. The Hall–Kier alpha value is -2.11. The van der Waals surface area contributed by atoms with Gasteiger partial charge in [-0.15, -0.1) is 0 Å². The lowest BCUT2D eigenvalue weighted by molar-refractivity contribution is -0.139. The summed E-state index contributed by atoms with van der Waals surface area (Å²) in [6.07, 6.45) is 1.61.